The number of anilines is 1. The molecule has 0 unspecified atom stereocenters. The Kier molecular flexibility index (Phi) is 3.69. The summed E-state index contributed by atoms with van der Waals surface area (Å²) in [7, 11) is 0. The normalized spacial score (nSPS) is 11.2. The molecule has 0 bridgehead atoms. The van der Waals surface area contributed by atoms with Crippen molar-refractivity contribution >= 4 is 45.6 Å². The maximum Gasteiger partial charge on any atom is 0.265 e. The molecule has 0 saturated heterocycles. The van der Waals surface area contributed by atoms with Crippen molar-refractivity contribution in [3.8, 4) is 0 Å². The van der Waals surface area contributed by atoms with Gasteiger partial charge in [0.15, 0.2) is 11.5 Å². The number of hydrogen-bond acceptors (Lipinski definition) is 4. The number of nitrogens with one attached hydrogen (secondary N) is 1. The highest BCUT2D eigenvalue weighted by Gasteiger charge is 2.12. The van der Waals surface area contributed by atoms with Crippen LogP contribution in [-0.4, -0.2) is 10.9 Å². The number of halogens is 1. The molecule has 0 saturated carbocycles. The molecule has 0 aliphatic rings. The van der Waals surface area contributed by atoms with Crippen LogP contribution >= 0.6 is 22.9 Å². The van der Waals surface area contributed by atoms with Gasteiger partial charge in [-0.1, -0.05) is 25.4 Å². The Bertz CT molecular complexity index is 807. The van der Waals surface area contributed by atoms with Gasteiger partial charge in [-0.05, 0) is 24.3 Å². The number of aromatic nitrogens is 1. The Morgan fingerprint density at radius 2 is 2.14 bits per heavy atom. The molecule has 108 valence electrons. The summed E-state index contributed by atoms with van der Waals surface area (Å²) in [6, 6.07) is 8.83. The first-order valence-electron chi connectivity index (χ1n) is 6.50. The van der Waals surface area contributed by atoms with E-state index in [0.717, 1.165) is 5.52 Å². The molecule has 6 heteroatoms. The number of carbonyl (C=O) groups excluding carboxylic acids is 1. The van der Waals surface area contributed by atoms with Crippen molar-refractivity contribution in [2.24, 2.45) is 0 Å². The van der Waals surface area contributed by atoms with Gasteiger partial charge in [-0.3, -0.25) is 4.79 Å². The largest absolute Gasteiger partial charge is 0.440 e. The first kappa shape index (κ1) is 14.1. The van der Waals surface area contributed by atoms with E-state index in [2.05, 4.69) is 10.3 Å². The minimum atomic E-state index is -0.185. The van der Waals surface area contributed by atoms with E-state index in [1.165, 1.54) is 11.3 Å². The van der Waals surface area contributed by atoms with E-state index in [4.69, 9.17) is 16.0 Å². The third-order valence-electron chi connectivity index (χ3n) is 2.95. The van der Waals surface area contributed by atoms with Gasteiger partial charge in [0.25, 0.3) is 5.91 Å². The summed E-state index contributed by atoms with van der Waals surface area (Å²) in [4.78, 5) is 17.0. The van der Waals surface area contributed by atoms with E-state index >= 15 is 0 Å². The highest BCUT2D eigenvalue weighted by atomic mass is 35.5. The fourth-order valence-corrected chi connectivity index (χ4v) is 2.83. The summed E-state index contributed by atoms with van der Waals surface area (Å²) in [6.07, 6.45) is 0. The molecule has 1 N–H and O–H groups in total. The molecule has 3 rings (SSSR count). The summed E-state index contributed by atoms with van der Waals surface area (Å²) < 4.78 is 6.27. The Hall–Kier alpha value is -1.85. The molecule has 3 aromatic rings. The molecule has 1 aromatic carbocycles. The Balaban J connectivity index is 1.85. The van der Waals surface area contributed by atoms with Crippen molar-refractivity contribution in [1.82, 2.24) is 4.98 Å². The molecule has 0 fully saturated rings. The van der Waals surface area contributed by atoms with Gasteiger partial charge in [-0.2, -0.15) is 0 Å². The van der Waals surface area contributed by atoms with Crippen molar-refractivity contribution in [1.29, 1.82) is 0 Å². The van der Waals surface area contributed by atoms with Crippen LogP contribution in [0.1, 0.15) is 35.3 Å². The highest BCUT2D eigenvalue weighted by molar-refractivity contribution is 7.18. The van der Waals surface area contributed by atoms with Crippen LogP contribution in [0.3, 0.4) is 0 Å². The molecule has 4 nitrogen and oxygen atoms in total. The predicted octanol–water partition coefficient (Wildman–Crippen LogP) is 4.92. The first-order valence-corrected chi connectivity index (χ1v) is 7.69. The average Bonchev–Trinajstić information content (AvgIpc) is 3.04. The quantitative estimate of drug-likeness (QED) is 0.745. The van der Waals surface area contributed by atoms with E-state index in [1.54, 1.807) is 18.2 Å². The topological polar surface area (TPSA) is 55.1 Å². The second kappa shape index (κ2) is 5.50. The van der Waals surface area contributed by atoms with E-state index in [0.29, 0.717) is 26.4 Å². The molecule has 0 radical (unpaired) electrons. The SMILES string of the molecule is CC(C)c1nc2ccc(NC(=O)c3ccc(Cl)s3)cc2o1. The van der Waals surface area contributed by atoms with Crippen molar-refractivity contribution in [2.45, 2.75) is 19.8 Å². The summed E-state index contributed by atoms with van der Waals surface area (Å²) in [6.45, 7) is 4.04. The van der Waals surface area contributed by atoms with Crippen LogP contribution in [0.4, 0.5) is 5.69 Å². The lowest BCUT2D eigenvalue weighted by Crippen LogP contribution is -2.09. The van der Waals surface area contributed by atoms with E-state index in [9.17, 15) is 4.79 Å². The Morgan fingerprint density at radius 3 is 2.81 bits per heavy atom. The minimum Gasteiger partial charge on any atom is -0.440 e. The zero-order valence-corrected chi connectivity index (χ0v) is 13.1. The van der Waals surface area contributed by atoms with Gasteiger partial charge < -0.3 is 9.73 Å². The number of thiophene rings is 1. The predicted molar refractivity (Wildman–Crippen MR) is 85.4 cm³/mol. The van der Waals surface area contributed by atoms with Gasteiger partial charge in [0, 0.05) is 17.7 Å². The smallest absolute Gasteiger partial charge is 0.265 e. The summed E-state index contributed by atoms with van der Waals surface area (Å²) in [5.41, 5.74) is 2.13. The molecule has 2 heterocycles. The van der Waals surface area contributed by atoms with Crippen LogP contribution < -0.4 is 5.32 Å². The monoisotopic (exact) mass is 320 g/mol. The number of carbonyl (C=O) groups is 1. The molecule has 0 aliphatic heterocycles. The fraction of sp³-hybridized carbons (Fsp3) is 0.200. The summed E-state index contributed by atoms with van der Waals surface area (Å²) >= 11 is 7.08. The van der Waals surface area contributed by atoms with Crippen LogP contribution in [0, 0.1) is 0 Å². The third kappa shape index (κ3) is 2.94. The van der Waals surface area contributed by atoms with Crippen LogP contribution in [0.2, 0.25) is 4.34 Å². The molecule has 2 aromatic heterocycles. The Labute approximate surface area is 130 Å². The standard InChI is InChI=1S/C15H13ClN2O2S/c1-8(2)15-18-10-4-3-9(7-11(10)20-15)17-14(19)12-5-6-13(16)21-12/h3-8H,1-2H3,(H,17,19). The lowest BCUT2D eigenvalue weighted by molar-refractivity contribution is 0.103. The molecule has 0 spiro atoms. The second-order valence-corrected chi connectivity index (χ2v) is 6.66. The van der Waals surface area contributed by atoms with Gasteiger partial charge in [-0.25, -0.2) is 4.98 Å². The molecule has 0 aliphatic carbocycles. The summed E-state index contributed by atoms with van der Waals surface area (Å²) in [5.74, 6) is 0.733. The maximum atomic E-state index is 12.1. The van der Waals surface area contributed by atoms with Crippen molar-refractivity contribution < 1.29 is 9.21 Å². The fourth-order valence-electron chi connectivity index (χ4n) is 1.90. The molecular weight excluding hydrogens is 308 g/mol. The summed E-state index contributed by atoms with van der Waals surface area (Å²) in [5, 5.41) is 2.83. The lowest BCUT2D eigenvalue weighted by Gasteiger charge is -2.02. The van der Waals surface area contributed by atoms with Crippen molar-refractivity contribution in [2.75, 3.05) is 5.32 Å². The van der Waals surface area contributed by atoms with Gasteiger partial charge in [0.1, 0.15) is 5.52 Å². The molecule has 0 atom stereocenters. The van der Waals surface area contributed by atoms with Crippen molar-refractivity contribution in [3.05, 3.63) is 45.4 Å². The van der Waals surface area contributed by atoms with E-state index < -0.39 is 0 Å². The van der Waals surface area contributed by atoms with Crippen molar-refractivity contribution in [3.63, 3.8) is 0 Å². The average molecular weight is 321 g/mol. The number of nitrogens with zero attached hydrogens (tertiary/aromatic N) is 1. The maximum absolute atomic E-state index is 12.1. The number of hydrogen-bond donors (Lipinski definition) is 1. The second-order valence-electron chi connectivity index (χ2n) is 4.95. The number of rotatable bonds is 3. The van der Waals surface area contributed by atoms with Gasteiger partial charge in [-0.15, -0.1) is 11.3 Å². The Morgan fingerprint density at radius 1 is 1.33 bits per heavy atom. The van der Waals surface area contributed by atoms with Crippen LogP contribution in [0.15, 0.2) is 34.7 Å². The van der Waals surface area contributed by atoms with Gasteiger partial charge >= 0.3 is 0 Å². The third-order valence-corrected chi connectivity index (χ3v) is 4.18. The molecule has 21 heavy (non-hydrogen) atoms. The minimum absolute atomic E-state index is 0.185. The number of oxazole rings is 1. The van der Waals surface area contributed by atoms with Crippen LogP contribution in [0.5, 0.6) is 0 Å². The zero-order chi connectivity index (χ0) is 15.0. The van der Waals surface area contributed by atoms with Gasteiger partial charge in [0.05, 0.1) is 9.21 Å². The molecular formula is C15H13ClN2O2S. The van der Waals surface area contributed by atoms with Crippen LogP contribution in [-0.2, 0) is 0 Å². The van der Waals surface area contributed by atoms with Crippen LogP contribution in [0.25, 0.3) is 11.1 Å². The highest BCUT2D eigenvalue weighted by Crippen LogP contribution is 2.25. The zero-order valence-electron chi connectivity index (χ0n) is 11.5. The van der Waals surface area contributed by atoms with E-state index in [1.807, 2.05) is 26.0 Å². The van der Waals surface area contributed by atoms with E-state index in [-0.39, 0.29) is 11.8 Å². The number of fused-ring (bicyclic) bond motifs is 1. The number of amides is 1. The first-order chi connectivity index (χ1) is 10.0. The number of benzene rings is 1. The van der Waals surface area contributed by atoms with Gasteiger partial charge in [0.2, 0.25) is 0 Å². The molecule has 1 amide bonds. The lowest BCUT2D eigenvalue weighted by atomic mass is 10.2.